The normalized spacial score (nSPS) is 11.0. The molecule has 0 unspecified atom stereocenters. The van der Waals surface area contributed by atoms with Gasteiger partial charge in [0.2, 0.25) is 0 Å². The second-order valence-electron chi connectivity index (χ2n) is 5.18. The van der Waals surface area contributed by atoms with Crippen molar-refractivity contribution in [3.05, 3.63) is 60.1 Å². The number of nitrogen functional groups attached to an aromatic ring is 1. The molecule has 0 fully saturated rings. The molecule has 0 aliphatic carbocycles. The molecule has 0 bridgehead atoms. The molecular weight excluding hydrogens is 306 g/mol. The summed E-state index contributed by atoms with van der Waals surface area (Å²) in [7, 11) is 0. The zero-order valence-electron chi connectivity index (χ0n) is 12.1. The Balaban J connectivity index is 1.89. The molecule has 2 aromatic carbocycles. The Morgan fingerprint density at radius 2 is 1.78 bits per heavy atom. The Morgan fingerprint density at radius 1 is 1.00 bits per heavy atom. The molecule has 0 spiro atoms. The molecule has 0 aliphatic heterocycles. The molecule has 23 heavy (non-hydrogen) atoms. The van der Waals surface area contributed by atoms with Gasteiger partial charge in [0.25, 0.3) is 0 Å². The molecular formula is C18H13N3OS. The molecule has 5 heteroatoms. The first-order valence-corrected chi connectivity index (χ1v) is 7.99. The van der Waals surface area contributed by atoms with E-state index in [4.69, 9.17) is 10.7 Å². The Morgan fingerprint density at radius 3 is 2.61 bits per heavy atom. The number of rotatable bonds is 2. The van der Waals surface area contributed by atoms with Gasteiger partial charge >= 0.3 is 0 Å². The number of nitrogens with zero attached hydrogens (tertiary/aromatic N) is 2. The molecule has 2 aromatic heterocycles. The van der Waals surface area contributed by atoms with Crippen LogP contribution in [0.1, 0.15) is 0 Å². The van der Waals surface area contributed by atoms with Crippen LogP contribution in [0.3, 0.4) is 0 Å². The third-order valence-electron chi connectivity index (χ3n) is 3.70. The fraction of sp³-hybridized carbons (Fsp3) is 0. The van der Waals surface area contributed by atoms with E-state index >= 15 is 0 Å². The highest BCUT2D eigenvalue weighted by Gasteiger charge is 2.13. The van der Waals surface area contributed by atoms with Gasteiger partial charge in [-0.15, -0.1) is 11.3 Å². The number of phenolic OH excluding ortho intramolecular Hbond substituents is 1. The summed E-state index contributed by atoms with van der Waals surface area (Å²) in [4.78, 5) is 9.00. The van der Waals surface area contributed by atoms with E-state index in [9.17, 15) is 5.11 Å². The van der Waals surface area contributed by atoms with Gasteiger partial charge in [0.05, 0.1) is 11.9 Å². The van der Waals surface area contributed by atoms with Crippen LogP contribution in [-0.2, 0) is 0 Å². The fourth-order valence-corrected chi connectivity index (χ4v) is 3.47. The van der Waals surface area contributed by atoms with E-state index < -0.39 is 0 Å². The minimum absolute atomic E-state index is 0.223. The molecule has 4 nitrogen and oxygen atoms in total. The Hall–Kier alpha value is -2.92. The molecule has 0 saturated heterocycles. The smallest absolute Gasteiger partial charge is 0.150 e. The van der Waals surface area contributed by atoms with Crippen molar-refractivity contribution >= 4 is 27.2 Å². The zero-order valence-corrected chi connectivity index (χ0v) is 12.9. The molecule has 0 aliphatic rings. The third kappa shape index (κ3) is 2.41. The first-order valence-electron chi connectivity index (χ1n) is 7.11. The lowest BCUT2D eigenvalue weighted by atomic mass is 10.1. The van der Waals surface area contributed by atoms with Crippen LogP contribution in [0.4, 0.5) is 5.82 Å². The van der Waals surface area contributed by atoms with E-state index in [1.54, 1.807) is 29.7 Å². The van der Waals surface area contributed by atoms with Crippen LogP contribution in [0.25, 0.3) is 32.6 Å². The average molecular weight is 319 g/mol. The van der Waals surface area contributed by atoms with E-state index in [1.165, 1.54) is 4.70 Å². The molecule has 4 aromatic rings. The first kappa shape index (κ1) is 13.7. The van der Waals surface area contributed by atoms with Crippen molar-refractivity contribution in [1.82, 2.24) is 9.97 Å². The fourth-order valence-electron chi connectivity index (χ4n) is 2.53. The van der Waals surface area contributed by atoms with E-state index in [0.29, 0.717) is 11.5 Å². The second-order valence-corrected chi connectivity index (χ2v) is 6.09. The van der Waals surface area contributed by atoms with Crippen LogP contribution < -0.4 is 5.73 Å². The number of hydrogen-bond acceptors (Lipinski definition) is 5. The van der Waals surface area contributed by atoms with Gasteiger partial charge in [-0.05, 0) is 30.3 Å². The summed E-state index contributed by atoms with van der Waals surface area (Å²) < 4.78 is 1.19. The molecule has 0 saturated carbocycles. The summed E-state index contributed by atoms with van der Waals surface area (Å²) in [6.07, 6.45) is 1.65. The van der Waals surface area contributed by atoms with Crippen LogP contribution in [0.5, 0.6) is 5.75 Å². The average Bonchev–Trinajstić information content (AvgIpc) is 3.00. The summed E-state index contributed by atoms with van der Waals surface area (Å²) in [5.41, 5.74) is 9.36. The van der Waals surface area contributed by atoms with Crippen molar-refractivity contribution in [3.8, 4) is 28.3 Å². The lowest BCUT2D eigenvalue weighted by molar-refractivity contribution is 0.475. The number of thiophene rings is 1. The molecule has 0 amide bonds. The van der Waals surface area contributed by atoms with E-state index in [0.717, 1.165) is 22.2 Å². The van der Waals surface area contributed by atoms with Gasteiger partial charge in [-0.1, -0.05) is 18.2 Å². The molecule has 112 valence electrons. The number of hydrogen-bond donors (Lipinski definition) is 2. The van der Waals surface area contributed by atoms with Gasteiger partial charge in [0, 0.05) is 26.6 Å². The molecule has 0 atom stereocenters. The van der Waals surface area contributed by atoms with E-state index in [1.807, 2.05) is 24.3 Å². The van der Waals surface area contributed by atoms with Crippen molar-refractivity contribution in [1.29, 1.82) is 0 Å². The van der Waals surface area contributed by atoms with Crippen LogP contribution >= 0.6 is 11.3 Å². The minimum atomic E-state index is 0.223. The SMILES string of the molecule is Nc1ncc(-c2ccc(O)cc2)nc1-c1csc2ccccc12. The Kier molecular flexibility index (Phi) is 3.20. The highest BCUT2D eigenvalue weighted by atomic mass is 32.1. The summed E-state index contributed by atoms with van der Waals surface area (Å²) in [6.45, 7) is 0. The monoisotopic (exact) mass is 319 g/mol. The van der Waals surface area contributed by atoms with Gasteiger partial charge < -0.3 is 10.8 Å². The van der Waals surface area contributed by atoms with Gasteiger partial charge in [-0.3, -0.25) is 0 Å². The van der Waals surface area contributed by atoms with Crippen LogP contribution in [-0.4, -0.2) is 15.1 Å². The van der Waals surface area contributed by atoms with Gasteiger partial charge in [0.15, 0.2) is 0 Å². The number of aromatic nitrogens is 2. The Labute approximate surface area is 136 Å². The predicted molar refractivity (Wildman–Crippen MR) is 94.4 cm³/mol. The van der Waals surface area contributed by atoms with Gasteiger partial charge in [-0.2, -0.15) is 0 Å². The minimum Gasteiger partial charge on any atom is -0.508 e. The highest BCUT2D eigenvalue weighted by molar-refractivity contribution is 7.17. The van der Waals surface area contributed by atoms with Crippen molar-refractivity contribution < 1.29 is 5.11 Å². The zero-order chi connectivity index (χ0) is 15.8. The first-order chi connectivity index (χ1) is 11.2. The number of anilines is 1. The van der Waals surface area contributed by atoms with Crippen LogP contribution in [0, 0.1) is 0 Å². The number of aromatic hydroxyl groups is 1. The lowest BCUT2D eigenvalue weighted by Crippen LogP contribution is -1.98. The maximum absolute atomic E-state index is 9.42. The largest absolute Gasteiger partial charge is 0.508 e. The molecule has 0 radical (unpaired) electrons. The van der Waals surface area contributed by atoms with Crippen LogP contribution in [0.2, 0.25) is 0 Å². The number of benzene rings is 2. The maximum Gasteiger partial charge on any atom is 0.150 e. The van der Waals surface area contributed by atoms with Crippen molar-refractivity contribution in [2.45, 2.75) is 0 Å². The standard InChI is InChI=1S/C18H13N3OS/c19-18-17(14-10-23-16-4-2-1-3-13(14)16)21-15(9-20-18)11-5-7-12(22)8-6-11/h1-10,22H,(H2,19,20). The Bertz CT molecular complexity index is 993. The summed E-state index contributed by atoms with van der Waals surface area (Å²) >= 11 is 1.66. The van der Waals surface area contributed by atoms with E-state index in [-0.39, 0.29) is 5.75 Å². The van der Waals surface area contributed by atoms with Gasteiger partial charge in [-0.25, -0.2) is 9.97 Å². The van der Waals surface area contributed by atoms with Crippen molar-refractivity contribution in [2.75, 3.05) is 5.73 Å². The van der Waals surface area contributed by atoms with Crippen LogP contribution in [0.15, 0.2) is 60.1 Å². The quantitative estimate of drug-likeness (QED) is 0.577. The summed E-state index contributed by atoms with van der Waals surface area (Å²) in [5.74, 6) is 0.636. The predicted octanol–water partition coefficient (Wildman–Crippen LogP) is 4.31. The lowest BCUT2D eigenvalue weighted by Gasteiger charge is -2.07. The highest BCUT2D eigenvalue weighted by Crippen LogP contribution is 2.35. The molecule has 2 heterocycles. The molecule has 3 N–H and O–H groups in total. The maximum atomic E-state index is 9.42. The topological polar surface area (TPSA) is 72.0 Å². The summed E-state index contributed by atoms with van der Waals surface area (Å²) in [6, 6.07) is 15.1. The number of nitrogens with two attached hydrogens (primary N) is 1. The van der Waals surface area contributed by atoms with Gasteiger partial charge in [0.1, 0.15) is 17.3 Å². The van der Waals surface area contributed by atoms with Crippen molar-refractivity contribution in [2.24, 2.45) is 0 Å². The third-order valence-corrected chi connectivity index (χ3v) is 4.66. The number of phenols is 1. The van der Waals surface area contributed by atoms with Crippen molar-refractivity contribution in [3.63, 3.8) is 0 Å². The van der Waals surface area contributed by atoms with E-state index in [2.05, 4.69) is 22.5 Å². The number of fused-ring (bicyclic) bond motifs is 1. The second kappa shape index (κ2) is 5.37. The summed E-state index contributed by atoms with van der Waals surface area (Å²) in [5, 5.41) is 12.6. The molecule has 4 rings (SSSR count).